The Morgan fingerprint density at radius 2 is 1.14 bits per heavy atom. The van der Waals surface area contributed by atoms with E-state index in [0.29, 0.717) is 38.2 Å². The number of carbonyl (C=O) groups is 3. The van der Waals surface area contributed by atoms with Crippen LogP contribution in [0.5, 0.6) is 0 Å². The molecule has 0 aliphatic rings. The molecule has 8 heteroatoms. The van der Waals surface area contributed by atoms with Crippen molar-refractivity contribution in [2.75, 3.05) is 19.8 Å². The molecule has 43 heavy (non-hydrogen) atoms. The molecule has 238 valence electrons. The molecule has 2 aromatic carbocycles. The molecule has 0 aromatic heterocycles. The molecule has 0 bridgehead atoms. The molecule has 8 nitrogen and oxygen atoms in total. The molecular formula is C35H52N2O6. The van der Waals surface area contributed by atoms with Crippen LogP contribution in [0.1, 0.15) is 89.2 Å². The lowest BCUT2D eigenvalue weighted by molar-refractivity contribution is -0.149. The fourth-order valence-corrected chi connectivity index (χ4v) is 4.61. The number of esters is 2. The second kappa shape index (κ2) is 22.3. The number of unbranched alkanes of at least 4 members (excludes halogenated alkanes) is 7. The first kappa shape index (κ1) is 36.0. The summed E-state index contributed by atoms with van der Waals surface area (Å²) in [5.41, 5.74) is 7.89. The largest absolute Gasteiger partial charge is 0.465 e. The summed E-state index contributed by atoms with van der Waals surface area (Å²) in [4.78, 5) is 37.7. The zero-order valence-electron chi connectivity index (χ0n) is 26.1. The number of rotatable bonds is 23. The van der Waals surface area contributed by atoms with Crippen molar-refractivity contribution in [1.29, 1.82) is 0 Å². The van der Waals surface area contributed by atoms with E-state index < -0.39 is 24.0 Å². The summed E-state index contributed by atoms with van der Waals surface area (Å²) < 4.78 is 16.4. The lowest BCUT2D eigenvalue weighted by Gasteiger charge is -2.18. The number of nitrogens with two attached hydrogens (primary N) is 1. The Balaban J connectivity index is 1.64. The van der Waals surface area contributed by atoms with Crippen LogP contribution in [0.3, 0.4) is 0 Å². The predicted octanol–water partition coefficient (Wildman–Crippen LogP) is 5.70. The maximum Gasteiger partial charge on any atom is 0.328 e. The van der Waals surface area contributed by atoms with Crippen LogP contribution in [0, 0.1) is 0 Å². The van der Waals surface area contributed by atoms with Crippen molar-refractivity contribution in [1.82, 2.24) is 5.32 Å². The molecule has 0 aliphatic heterocycles. The lowest BCUT2D eigenvalue weighted by atomic mass is 10.0. The minimum absolute atomic E-state index is 0.137. The third-order valence-electron chi connectivity index (χ3n) is 7.03. The second-order valence-electron chi connectivity index (χ2n) is 11.3. The fraction of sp³-hybridized carbons (Fsp3) is 0.571. The van der Waals surface area contributed by atoms with Crippen molar-refractivity contribution in [2.45, 2.75) is 109 Å². The Labute approximate surface area is 258 Å². The lowest BCUT2D eigenvalue weighted by Crippen LogP contribution is -2.43. The van der Waals surface area contributed by atoms with Gasteiger partial charge in [-0.25, -0.2) is 4.79 Å². The minimum atomic E-state index is -0.753. The smallest absolute Gasteiger partial charge is 0.328 e. The molecule has 2 aromatic rings. The molecule has 2 rings (SSSR count). The number of ether oxygens (including phenoxy) is 3. The van der Waals surface area contributed by atoms with E-state index >= 15 is 0 Å². The zero-order chi connectivity index (χ0) is 31.1. The Bertz CT molecular complexity index is 1030. The molecule has 0 heterocycles. The highest BCUT2D eigenvalue weighted by molar-refractivity contribution is 5.84. The molecule has 0 spiro atoms. The Kier molecular flexibility index (Phi) is 18.7. The molecule has 3 N–H and O–H groups in total. The highest BCUT2D eigenvalue weighted by Gasteiger charge is 2.23. The topological polar surface area (TPSA) is 117 Å². The van der Waals surface area contributed by atoms with Gasteiger partial charge in [0.2, 0.25) is 5.91 Å². The first-order valence-corrected chi connectivity index (χ1v) is 15.9. The highest BCUT2D eigenvalue weighted by atomic mass is 16.5. The zero-order valence-corrected chi connectivity index (χ0v) is 26.1. The van der Waals surface area contributed by atoms with Gasteiger partial charge in [-0.1, -0.05) is 92.8 Å². The summed E-state index contributed by atoms with van der Waals surface area (Å²) in [6.45, 7) is 5.31. The van der Waals surface area contributed by atoms with Gasteiger partial charge >= 0.3 is 11.9 Å². The van der Waals surface area contributed by atoms with E-state index in [4.69, 9.17) is 19.9 Å². The van der Waals surface area contributed by atoms with E-state index in [2.05, 4.69) is 19.2 Å². The molecule has 0 saturated carbocycles. The van der Waals surface area contributed by atoms with Crippen molar-refractivity contribution >= 4 is 17.8 Å². The summed E-state index contributed by atoms with van der Waals surface area (Å²) >= 11 is 0. The first-order valence-electron chi connectivity index (χ1n) is 15.9. The third-order valence-corrected chi connectivity index (χ3v) is 7.03. The minimum Gasteiger partial charge on any atom is -0.465 e. The van der Waals surface area contributed by atoms with Crippen molar-refractivity contribution in [3.8, 4) is 0 Å². The number of nitrogens with one attached hydrogen (secondary N) is 1. The Morgan fingerprint density at radius 1 is 0.651 bits per heavy atom. The summed E-state index contributed by atoms with van der Waals surface area (Å²) in [7, 11) is 0. The normalized spacial score (nSPS) is 12.5. The molecule has 0 fully saturated rings. The van der Waals surface area contributed by atoms with E-state index in [1.807, 2.05) is 60.7 Å². The monoisotopic (exact) mass is 596 g/mol. The summed E-state index contributed by atoms with van der Waals surface area (Å²) in [6, 6.07) is 17.7. The van der Waals surface area contributed by atoms with Gasteiger partial charge in [0.05, 0.1) is 19.3 Å². The van der Waals surface area contributed by atoms with Crippen molar-refractivity contribution in [2.24, 2.45) is 5.73 Å². The van der Waals surface area contributed by atoms with Crippen LogP contribution < -0.4 is 11.1 Å². The van der Waals surface area contributed by atoms with Gasteiger partial charge in [-0.15, -0.1) is 0 Å². The second-order valence-corrected chi connectivity index (χ2v) is 11.3. The van der Waals surface area contributed by atoms with Crippen molar-refractivity contribution in [3.63, 3.8) is 0 Å². The highest BCUT2D eigenvalue weighted by Crippen LogP contribution is 2.11. The van der Waals surface area contributed by atoms with Gasteiger partial charge in [0.25, 0.3) is 0 Å². The van der Waals surface area contributed by atoms with Crippen molar-refractivity contribution in [3.05, 3.63) is 71.8 Å². The molecule has 0 aliphatic carbocycles. The Morgan fingerprint density at radius 3 is 1.72 bits per heavy atom. The van der Waals surface area contributed by atoms with Crippen LogP contribution in [0.15, 0.2) is 60.7 Å². The number of carbonyl (C=O) groups excluding carboxylic acids is 3. The molecule has 0 radical (unpaired) electrons. The number of hydrogen-bond donors (Lipinski definition) is 2. The van der Waals surface area contributed by atoms with Gasteiger partial charge in [0, 0.05) is 19.4 Å². The average molecular weight is 597 g/mol. The maximum absolute atomic E-state index is 12.9. The van der Waals surface area contributed by atoms with E-state index in [-0.39, 0.29) is 19.1 Å². The van der Waals surface area contributed by atoms with Gasteiger partial charge in [-0.3, -0.25) is 9.59 Å². The number of amides is 1. The van der Waals surface area contributed by atoms with Gasteiger partial charge in [-0.2, -0.15) is 0 Å². The number of benzene rings is 2. The van der Waals surface area contributed by atoms with Crippen LogP contribution in [0.2, 0.25) is 0 Å². The van der Waals surface area contributed by atoms with E-state index in [0.717, 1.165) is 49.8 Å². The van der Waals surface area contributed by atoms with Gasteiger partial charge in [0.15, 0.2) is 0 Å². The van der Waals surface area contributed by atoms with E-state index in [9.17, 15) is 14.4 Å². The summed E-state index contributed by atoms with van der Waals surface area (Å²) in [6.07, 6.45) is 10.0. The van der Waals surface area contributed by atoms with Gasteiger partial charge in [0.1, 0.15) is 12.1 Å². The van der Waals surface area contributed by atoms with Gasteiger partial charge in [-0.05, 0) is 57.1 Å². The van der Waals surface area contributed by atoms with E-state index in [1.165, 1.54) is 12.8 Å². The molecule has 2 unspecified atom stereocenters. The van der Waals surface area contributed by atoms with Crippen LogP contribution in [0.25, 0.3) is 0 Å². The van der Waals surface area contributed by atoms with Crippen LogP contribution in [-0.2, 0) is 41.4 Å². The first-order chi connectivity index (χ1) is 20.8. The Hall–Kier alpha value is -3.23. The standard InChI is InChI=1S/C35H52N2O6/c1-28(2)41-23-15-7-5-3-4-6-14-22-33(38)37-32(27-30-20-12-9-13-21-30)35(40)43-25-17-16-24-42-34(39)31(36)26-29-18-10-8-11-19-29/h8-13,18-21,28,31-32H,3-7,14-17,22-27,36H2,1-2H3,(H,37,38). The quantitative estimate of drug-likeness (QED) is 0.125. The van der Waals surface area contributed by atoms with Crippen LogP contribution in [-0.4, -0.2) is 55.9 Å². The molecule has 1 amide bonds. The number of hydrogen-bond acceptors (Lipinski definition) is 7. The third kappa shape index (κ3) is 17.5. The fourth-order valence-electron chi connectivity index (χ4n) is 4.61. The maximum atomic E-state index is 12.9. The SMILES string of the molecule is CC(C)OCCCCCCCCCC(=O)NC(Cc1ccccc1)C(=O)OCCCCOC(=O)C(N)Cc1ccccc1. The van der Waals surface area contributed by atoms with Gasteiger partial charge < -0.3 is 25.3 Å². The summed E-state index contributed by atoms with van der Waals surface area (Å²) in [5.74, 6) is -1.04. The van der Waals surface area contributed by atoms with Crippen LogP contribution >= 0.6 is 0 Å². The van der Waals surface area contributed by atoms with Crippen molar-refractivity contribution < 1.29 is 28.6 Å². The van der Waals surface area contributed by atoms with E-state index in [1.54, 1.807) is 0 Å². The molecule has 2 atom stereocenters. The molecular weight excluding hydrogens is 544 g/mol. The average Bonchev–Trinajstić information content (AvgIpc) is 3.00. The predicted molar refractivity (Wildman–Crippen MR) is 169 cm³/mol. The summed E-state index contributed by atoms with van der Waals surface area (Å²) in [5, 5.41) is 2.89. The van der Waals surface area contributed by atoms with Crippen LogP contribution in [0.4, 0.5) is 0 Å². The molecule has 0 saturated heterocycles.